The van der Waals surface area contributed by atoms with E-state index in [4.69, 9.17) is 19.9 Å². The van der Waals surface area contributed by atoms with Crippen LogP contribution in [0.15, 0.2) is 43.0 Å². The maximum atomic E-state index is 6.15. The fourth-order valence-electron chi connectivity index (χ4n) is 3.86. The van der Waals surface area contributed by atoms with Gasteiger partial charge in [0.25, 0.3) is 0 Å². The first kappa shape index (κ1) is 17.5. The molecular weight excluding hydrogens is 360 g/mol. The van der Waals surface area contributed by atoms with Crippen molar-refractivity contribution < 1.29 is 14.2 Å². The topological polar surface area (TPSA) is 109 Å². The van der Waals surface area contributed by atoms with E-state index in [2.05, 4.69) is 20.3 Å². The first-order chi connectivity index (χ1) is 13.6. The molecule has 2 aliphatic rings. The highest BCUT2D eigenvalue weighted by molar-refractivity contribution is 5.85. The molecule has 0 saturated carbocycles. The highest BCUT2D eigenvalue weighted by Gasteiger charge is 2.55. The van der Waals surface area contributed by atoms with Gasteiger partial charge in [-0.1, -0.05) is 18.2 Å². The van der Waals surface area contributed by atoms with Crippen molar-refractivity contribution in [2.24, 2.45) is 5.73 Å². The Morgan fingerprint density at radius 3 is 2.68 bits per heavy atom. The molecule has 0 aliphatic carbocycles. The number of nitrogens with two attached hydrogens (primary N) is 1. The van der Waals surface area contributed by atoms with Crippen molar-refractivity contribution in [1.82, 2.24) is 19.5 Å². The normalized spacial score (nSPS) is 28.5. The third-order valence-electron chi connectivity index (χ3n) is 5.03. The number of rotatable bonds is 4. The highest BCUT2D eigenvalue weighted by atomic mass is 16.8. The first-order valence-corrected chi connectivity index (χ1v) is 9.26. The van der Waals surface area contributed by atoms with Crippen molar-refractivity contribution in [2.75, 3.05) is 11.9 Å². The Morgan fingerprint density at radius 2 is 1.89 bits per heavy atom. The lowest BCUT2D eigenvalue weighted by molar-refractivity contribution is -0.195. The monoisotopic (exact) mass is 382 g/mol. The summed E-state index contributed by atoms with van der Waals surface area (Å²) in [6.45, 7) is 4.14. The minimum absolute atomic E-state index is 0.230. The standard InChI is InChI=1S/C19H22N6O3/c1-19(2)27-14-12(8-20)26-18(15(14)28-19)25-10-23-13-16(21-9-22-17(13)25)24-11-6-4-3-5-7-11/h3-7,9-10,12,14-15,18H,8,20H2,1-2H3,(H,21,22,24)/t12-,14-,15-,18-/m1/s1. The number of hydrogen-bond acceptors (Lipinski definition) is 8. The van der Waals surface area contributed by atoms with Gasteiger partial charge in [-0.15, -0.1) is 0 Å². The fraction of sp³-hybridized carbons (Fsp3) is 0.421. The van der Waals surface area contributed by atoms with Gasteiger partial charge in [0.1, 0.15) is 24.6 Å². The van der Waals surface area contributed by atoms with E-state index in [1.165, 1.54) is 6.33 Å². The number of hydrogen-bond donors (Lipinski definition) is 2. The summed E-state index contributed by atoms with van der Waals surface area (Å²) in [4.78, 5) is 13.3. The SMILES string of the molecule is CC1(C)O[C@@H]2[C@H](O1)[C@@H](CN)O[C@H]2n1cnc2c(Nc3ccccc3)ncnc21. The summed E-state index contributed by atoms with van der Waals surface area (Å²) in [6, 6.07) is 9.80. The van der Waals surface area contributed by atoms with Gasteiger partial charge in [0.2, 0.25) is 0 Å². The van der Waals surface area contributed by atoms with Gasteiger partial charge in [-0.05, 0) is 26.0 Å². The van der Waals surface area contributed by atoms with Crippen molar-refractivity contribution in [3.8, 4) is 0 Å². The summed E-state index contributed by atoms with van der Waals surface area (Å²) < 4.78 is 20.1. The molecule has 2 aliphatic heterocycles. The first-order valence-electron chi connectivity index (χ1n) is 9.26. The lowest BCUT2D eigenvalue weighted by Crippen LogP contribution is -2.34. The summed E-state index contributed by atoms with van der Waals surface area (Å²) >= 11 is 0. The second-order valence-corrected chi connectivity index (χ2v) is 7.40. The molecule has 2 saturated heterocycles. The van der Waals surface area contributed by atoms with Crippen LogP contribution in [0.25, 0.3) is 11.2 Å². The number of benzene rings is 1. The van der Waals surface area contributed by atoms with Crippen LogP contribution in [-0.2, 0) is 14.2 Å². The van der Waals surface area contributed by atoms with Gasteiger partial charge >= 0.3 is 0 Å². The summed E-state index contributed by atoms with van der Waals surface area (Å²) in [5, 5.41) is 3.29. The molecule has 146 valence electrons. The van der Waals surface area contributed by atoms with Crippen LogP contribution >= 0.6 is 0 Å². The molecule has 9 nitrogen and oxygen atoms in total. The summed E-state index contributed by atoms with van der Waals surface area (Å²) in [5.74, 6) is -0.0558. The molecule has 3 aromatic rings. The molecule has 2 aromatic heterocycles. The zero-order valence-corrected chi connectivity index (χ0v) is 15.6. The van der Waals surface area contributed by atoms with Crippen LogP contribution in [0.4, 0.5) is 11.5 Å². The Bertz CT molecular complexity index is 992. The largest absolute Gasteiger partial charge is 0.348 e. The van der Waals surface area contributed by atoms with E-state index in [0.29, 0.717) is 23.5 Å². The predicted molar refractivity (Wildman–Crippen MR) is 102 cm³/mol. The third kappa shape index (κ3) is 2.83. The van der Waals surface area contributed by atoms with Gasteiger partial charge in [0.05, 0.1) is 6.33 Å². The van der Waals surface area contributed by atoms with E-state index >= 15 is 0 Å². The number of nitrogens with zero attached hydrogens (tertiary/aromatic N) is 4. The molecule has 4 heterocycles. The zero-order chi connectivity index (χ0) is 19.3. The van der Waals surface area contributed by atoms with E-state index < -0.39 is 12.0 Å². The Kier molecular flexibility index (Phi) is 4.06. The van der Waals surface area contributed by atoms with E-state index in [-0.39, 0.29) is 18.3 Å². The van der Waals surface area contributed by atoms with Crippen LogP contribution in [-0.4, -0.2) is 50.2 Å². The van der Waals surface area contributed by atoms with E-state index in [9.17, 15) is 0 Å². The van der Waals surface area contributed by atoms with E-state index in [0.717, 1.165) is 5.69 Å². The maximum Gasteiger partial charge on any atom is 0.167 e. The zero-order valence-electron chi connectivity index (χ0n) is 15.6. The third-order valence-corrected chi connectivity index (χ3v) is 5.03. The van der Waals surface area contributed by atoms with Gasteiger partial charge in [0, 0.05) is 12.2 Å². The van der Waals surface area contributed by atoms with Crippen LogP contribution in [0.2, 0.25) is 0 Å². The molecule has 1 aromatic carbocycles. The number of ether oxygens (including phenoxy) is 3. The number of para-hydroxylation sites is 1. The minimum Gasteiger partial charge on any atom is -0.348 e. The van der Waals surface area contributed by atoms with E-state index in [1.807, 2.05) is 48.7 Å². The molecular formula is C19H22N6O3. The van der Waals surface area contributed by atoms with Crippen LogP contribution in [0, 0.1) is 0 Å². The molecule has 0 amide bonds. The fourth-order valence-corrected chi connectivity index (χ4v) is 3.86. The lowest BCUT2D eigenvalue weighted by atomic mass is 10.1. The van der Waals surface area contributed by atoms with Gasteiger partial charge in [-0.25, -0.2) is 15.0 Å². The average Bonchev–Trinajstić information content (AvgIpc) is 3.33. The molecule has 0 spiro atoms. The van der Waals surface area contributed by atoms with Crippen molar-refractivity contribution >= 4 is 22.7 Å². The number of nitrogens with one attached hydrogen (secondary N) is 1. The van der Waals surface area contributed by atoms with Crippen molar-refractivity contribution in [3.05, 3.63) is 43.0 Å². The maximum absolute atomic E-state index is 6.15. The smallest absolute Gasteiger partial charge is 0.167 e. The summed E-state index contributed by atoms with van der Waals surface area (Å²) in [6.07, 6.45) is 2.01. The Hall–Kier alpha value is -2.59. The molecule has 9 heteroatoms. The Labute approximate surface area is 161 Å². The average molecular weight is 382 g/mol. The van der Waals surface area contributed by atoms with E-state index in [1.54, 1.807) is 6.33 Å². The summed E-state index contributed by atoms with van der Waals surface area (Å²) in [5.41, 5.74) is 8.13. The van der Waals surface area contributed by atoms with Gasteiger partial charge in [-0.2, -0.15) is 0 Å². The molecule has 2 fully saturated rings. The molecule has 0 unspecified atom stereocenters. The Morgan fingerprint density at radius 1 is 1.11 bits per heavy atom. The van der Waals surface area contributed by atoms with Crippen LogP contribution in [0.3, 0.4) is 0 Å². The molecule has 28 heavy (non-hydrogen) atoms. The summed E-state index contributed by atoms with van der Waals surface area (Å²) in [7, 11) is 0. The molecule has 0 radical (unpaired) electrons. The Balaban J connectivity index is 1.51. The highest BCUT2D eigenvalue weighted by Crippen LogP contribution is 2.43. The molecule has 0 bridgehead atoms. The second kappa shape index (κ2) is 6.49. The van der Waals surface area contributed by atoms with Crippen LogP contribution in [0.1, 0.15) is 20.1 Å². The minimum atomic E-state index is -0.684. The van der Waals surface area contributed by atoms with Gasteiger partial charge in [0.15, 0.2) is 29.0 Å². The van der Waals surface area contributed by atoms with Crippen molar-refractivity contribution in [1.29, 1.82) is 0 Å². The number of aromatic nitrogens is 4. The molecule has 5 rings (SSSR count). The van der Waals surface area contributed by atoms with Crippen molar-refractivity contribution in [2.45, 2.75) is 44.2 Å². The number of anilines is 2. The van der Waals surface area contributed by atoms with Crippen LogP contribution < -0.4 is 11.1 Å². The second-order valence-electron chi connectivity index (χ2n) is 7.40. The molecule has 4 atom stereocenters. The molecule has 3 N–H and O–H groups in total. The van der Waals surface area contributed by atoms with Gasteiger partial charge in [-0.3, -0.25) is 4.57 Å². The van der Waals surface area contributed by atoms with Gasteiger partial charge < -0.3 is 25.3 Å². The quantitative estimate of drug-likeness (QED) is 0.705. The van der Waals surface area contributed by atoms with Crippen molar-refractivity contribution in [3.63, 3.8) is 0 Å². The van der Waals surface area contributed by atoms with Crippen LogP contribution in [0.5, 0.6) is 0 Å². The predicted octanol–water partition coefficient (Wildman–Crippen LogP) is 1.95. The lowest BCUT2D eigenvalue weighted by Gasteiger charge is -2.24. The number of imidazole rings is 1. The number of fused-ring (bicyclic) bond motifs is 2.